The van der Waals surface area contributed by atoms with Gasteiger partial charge in [0.05, 0.1) is 35.1 Å². The van der Waals surface area contributed by atoms with Gasteiger partial charge in [0.25, 0.3) is 5.91 Å². The van der Waals surface area contributed by atoms with Crippen molar-refractivity contribution < 1.29 is 32.3 Å². The molecule has 5 rings (SSSR count). The average molecular weight is 546 g/mol. The van der Waals surface area contributed by atoms with Crippen LogP contribution in [0.5, 0.6) is 5.75 Å². The monoisotopic (exact) mass is 545 g/mol. The van der Waals surface area contributed by atoms with E-state index in [1.807, 2.05) is 0 Å². The fourth-order valence-electron chi connectivity index (χ4n) is 4.73. The van der Waals surface area contributed by atoms with Gasteiger partial charge in [0.1, 0.15) is 15.5 Å². The predicted molar refractivity (Wildman–Crippen MR) is 136 cm³/mol. The van der Waals surface area contributed by atoms with Crippen molar-refractivity contribution in [1.29, 1.82) is 0 Å². The van der Waals surface area contributed by atoms with E-state index in [1.165, 1.54) is 24.4 Å². The molecule has 1 saturated heterocycles. The molecule has 4 amide bonds. The zero-order chi connectivity index (χ0) is 27.2. The van der Waals surface area contributed by atoms with Crippen molar-refractivity contribution >= 4 is 56.5 Å². The molecule has 2 aromatic heterocycles. The van der Waals surface area contributed by atoms with E-state index in [0.717, 1.165) is 35.5 Å². The van der Waals surface area contributed by atoms with Crippen molar-refractivity contribution in [2.45, 2.75) is 25.1 Å². The van der Waals surface area contributed by atoms with Crippen molar-refractivity contribution in [3.63, 3.8) is 0 Å². The molecule has 38 heavy (non-hydrogen) atoms. The summed E-state index contributed by atoms with van der Waals surface area (Å²) in [6.07, 6.45) is -0.655. The first-order valence-electron chi connectivity index (χ1n) is 11.6. The summed E-state index contributed by atoms with van der Waals surface area (Å²) in [7, 11) is 1.14. The third-order valence-corrected chi connectivity index (χ3v) is 7.54. The minimum absolute atomic E-state index is 0.0276. The van der Waals surface area contributed by atoms with Crippen LogP contribution in [0.4, 0.5) is 35.0 Å². The molecule has 9 nitrogen and oxygen atoms in total. The number of hydrogen-bond acceptors (Lipinski definition) is 6. The smallest absolute Gasteiger partial charge is 0.420 e. The van der Waals surface area contributed by atoms with Crippen LogP contribution in [0.15, 0.2) is 43.1 Å². The molecule has 2 aliphatic heterocycles. The van der Waals surface area contributed by atoms with E-state index >= 15 is 0 Å². The van der Waals surface area contributed by atoms with Crippen LogP contribution in [0.3, 0.4) is 0 Å². The number of benzene rings is 1. The first kappa shape index (κ1) is 25.5. The number of halogens is 3. The van der Waals surface area contributed by atoms with Gasteiger partial charge in [-0.05, 0) is 43.2 Å². The molecule has 13 heteroatoms. The van der Waals surface area contributed by atoms with Gasteiger partial charge < -0.3 is 20.3 Å². The maximum Gasteiger partial charge on any atom is 0.420 e. The third-order valence-electron chi connectivity index (χ3n) is 6.44. The Morgan fingerprint density at radius 2 is 2.11 bits per heavy atom. The lowest BCUT2D eigenvalue weighted by Crippen LogP contribution is -2.49. The number of piperidine rings is 1. The number of amides is 4. The van der Waals surface area contributed by atoms with Crippen LogP contribution in [-0.2, 0) is 11.0 Å². The number of aromatic nitrogens is 1. The van der Waals surface area contributed by atoms with Crippen LogP contribution in [-0.4, -0.2) is 54.0 Å². The SMILES string of the molecule is C=CC(=O)N1CCCC(NC(=O)c2sc3nccc4c3c2NC(=O)N4c2ccc(OC)c(C(F)(F)F)c2)C1. The van der Waals surface area contributed by atoms with Crippen LogP contribution < -0.4 is 20.3 Å². The number of methoxy groups -OCH3 is 1. The Bertz CT molecular complexity index is 1470. The second kappa shape index (κ2) is 9.63. The van der Waals surface area contributed by atoms with Gasteiger partial charge in [-0.2, -0.15) is 13.2 Å². The highest BCUT2D eigenvalue weighted by Crippen LogP contribution is 2.47. The zero-order valence-electron chi connectivity index (χ0n) is 20.1. The summed E-state index contributed by atoms with van der Waals surface area (Å²) in [6.45, 7) is 4.41. The third kappa shape index (κ3) is 4.42. The zero-order valence-corrected chi connectivity index (χ0v) is 20.9. The van der Waals surface area contributed by atoms with Crippen LogP contribution in [0, 0.1) is 0 Å². The fourth-order valence-corrected chi connectivity index (χ4v) is 5.75. The van der Waals surface area contributed by atoms with Crippen molar-refractivity contribution in [3.05, 3.63) is 53.6 Å². The predicted octanol–water partition coefficient (Wildman–Crippen LogP) is 4.91. The fraction of sp³-hybridized carbons (Fsp3) is 0.280. The normalized spacial score (nSPS) is 17.3. The van der Waals surface area contributed by atoms with Crippen LogP contribution >= 0.6 is 11.3 Å². The van der Waals surface area contributed by atoms with E-state index in [1.54, 1.807) is 4.90 Å². The van der Waals surface area contributed by atoms with Gasteiger partial charge in [0.15, 0.2) is 0 Å². The van der Waals surface area contributed by atoms with Crippen LogP contribution in [0.1, 0.15) is 28.1 Å². The number of nitrogens with one attached hydrogen (secondary N) is 2. The Balaban J connectivity index is 1.50. The van der Waals surface area contributed by atoms with Gasteiger partial charge in [-0.3, -0.25) is 14.5 Å². The highest BCUT2D eigenvalue weighted by molar-refractivity contribution is 7.21. The molecule has 198 valence electrons. The Morgan fingerprint density at radius 3 is 2.82 bits per heavy atom. The summed E-state index contributed by atoms with van der Waals surface area (Å²) in [5.41, 5.74) is -0.516. The highest BCUT2D eigenvalue weighted by Gasteiger charge is 2.38. The largest absolute Gasteiger partial charge is 0.496 e. The minimum atomic E-state index is -4.70. The number of hydrogen-bond donors (Lipinski definition) is 2. The number of likely N-dealkylation sites (tertiary alicyclic amines) is 1. The van der Waals surface area contributed by atoms with E-state index in [4.69, 9.17) is 4.74 Å². The number of nitrogens with zero attached hydrogens (tertiary/aromatic N) is 3. The van der Waals surface area contributed by atoms with Crippen LogP contribution in [0.25, 0.3) is 10.2 Å². The first-order chi connectivity index (χ1) is 18.1. The topological polar surface area (TPSA) is 104 Å². The maximum atomic E-state index is 13.6. The number of alkyl halides is 3. The highest BCUT2D eigenvalue weighted by atomic mass is 32.1. The standard InChI is InChI=1S/C25H22F3N5O4S/c1-3-18(34)32-10-4-5-13(12-32)30-22(35)21-20-19-16(8-9-29-23(19)38-21)33(24(36)31-20)14-6-7-17(37-2)15(11-14)25(26,27)28/h3,6-9,11,13H,1,4-5,10,12H2,2H3,(H,30,35)(H,31,36). The van der Waals surface area contributed by atoms with Gasteiger partial charge in [0.2, 0.25) is 5.91 Å². The van der Waals surface area contributed by atoms with Crippen molar-refractivity contribution in [3.8, 4) is 5.75 Å². The lowest BCUT2D eigenvalue weighted by molar-refractivity contribution is -0.138. The molecule has 4 heterocycles. The molecule has 1 fully saturated rings. The quantitative estimate of drug-likeness (QED) is 0.444. The molecule has 1 unspecified atom stereocenters. The van der Waals surface area contributed by atoms with E-state index in [-0.39, 0.29) is 34.0 Å². The summed E-state index contributed by atoms with van der Waals surface area (Å²) < 4.78 is 45.8. The number of carbonyl (C=O) groups is 3. The summed E-state index contributed by atoms with van der Waals surface area (Å²) in [5, 5.41) is 6.04. The number of urea groups is 1. The Kier molecular flexibility index (Phi) is 6.47. The molecule has 1 atom stereocenters. The number of thiophene rings is 1. The molecule has 0 radical (unpaired) electrons. The number of ether oxygens (including phenoxy) is 1. The molecule has 0 saturated carbocycles. The Hall–Kier alpha value is -4.13. The van der Waals surface area contributed by atoms with Crippen LogP contribution in [0.2, 0.25) is 0 Å². The lowest BCUT2D eigenvalue weighted by atomic mass is 10.1. The van der Waals surface area contributed by atoms with Gasteiger partial charge in [0, 0.05) is 25.3 Å². The van der Waals surface area contributed by atoms with Crippen molar-refractivity contribution in [2.24, 2.45) is 0 Å². The second-order valence-corrected chi connectivity index (χ2v) is 9.76. The molecule has 2 N–H and O–H groups in total. The van der Waals surface area contributed by atoms with Gasteiger partial charge >= 0.3 is 12.2 Å². The Labute approximate surface area is 218 Å². The average Bonchev–Trinajstić information content (AvgIpc) is 3.27. The van der Waals surface area contributed by atoms with E-state index < -0.39 is 23.7 Å². The summed E-state index contributed by atoms with van der Waals surface area (Å²) in [5.74, 6) is -1.02. The number of anilines is 3. The van der Waals surface area contributed by atoms with Gasteiger partial charge in [-0.1, -0.05) is 6.58 Å². The van der Waals surface area contributed by atoms with Crippen molar-refractivity contribution in [2.75, 3.05) is 30.4 Å². The van der Waals surface area contributed by atoms with Gasteiger partial charge in [-0.25, -0.2) is 9.78 Å². The molecule has 2 aliphatic rings. The molecular weight excluding hydrogens is 523 g/mol. The molecule has 0 aliphatic carbocycles. The molecule has 1 aromatic carbocycles. The maximum absolute atomic E-state index is 13.6. The van der Waals surface area contributed by atoms with E-state index in [0.29, 0.717) is 41.8 Å². The van der Waals surface area contributed by atoms with E-state index in [2.05, 4.69) is 22.2 Å². The lowest BCUT2D eigenvalue weighted by Gasteiger charge is -2.32. The summed E-state index contributed by atoms with van der Waals surface area (Å²) in [4.78, 5) is 46.2. The van der Waals surface area contributed by atoms with Crippen molar-refractivity contribution in [1.82, 2.24) is 15.2 Å². The minimum Gasteiger partial charge on any atom is -0.496 e. The first-order valence-corrected chi connectivity index (χ1v) is 12.4. The molecule has 3 aromatic rings. The summed E-state index contributed by atoms with van der Waals surface area (Å²) >= 11 is 1.06. The second-order valence-electron chi connectivity index (χ2n) is 8.77. The molecule has 0 spiro atoms. The molecule has 0 bridgehead atoms. The summed E-state index contributed by atoms with van der Waals surface area (Å²) in [6, 6.07) is 3.84. The van der Waals surface area contributed by atoms with E-state index in [9.17, 15) is 27.6 Å². The number of rotatable bonds is 5. The number of pyridine rings is 1. The molecular formula is C25H22F3N5O4S. The Morgan fingerprint density at radius 1 is 1.32 bits per heavy atom. The number of carbonyl (C=O) groups excluding carboxylic acids is 3. The van der Waals surface area contributed by atoms with Gasteiger partial charge in [-0.15, -0.1) is 11.3 Å².